The second-order valence-corrected chi connectivity index (χ2v) is 10.5. The number of nitrogens with one attached hydrogen (secondary N) is 1. The van der Waals surface area contributed by atoms with Gasteiger partial charge in [0.2, 0.25) is 0 Å². The van der Waals surface area contributed by atoms with Crippen molar-refractivity contribution < 1.29 is 39.6 Å². The van der Waals surface area contributed by atoms with Crippen LogP contribution < -0.4 is 5.32 Å². The molecular formula is C26H18F6N2O3S. The Morgan fingerprint density at radius 1 is 0.947 bits per heavy atom. The fourth-order valence-corrected chi connectivity index (χ4v) is 5.60. The number of amides is 1. The molecule has 0 saturated carbocycles. The summed E-state index contributed by atoms with van der Waals surface area (Å²) < 4.78 is 107. The van der Waals surface area contributed by atoms with E-state index in [-0.39, 0.29) is 22.9 Å². The van der Waals surface area contributed by atoms with Crippen molar-refractivity contribution in [1.29, 1.82) is 5.26 Å². The maximum Gasteiger partial charge on any atom is 0.419 e. The Balaban J connectivity index is 2.19. The van der Waals surface area contributed by atoms with E-state index < -0.39 is 60.1 Å². The number of rotatable bonds is 6. The van der Waals surface area contributed by atoms with Crippen LogP contribution in [0.1, 0.15) is 40.9 Å². The molecule has 0 spiro atoms. The monoisotopic (exact) mass is 552 g/mol. The van der Waals surface area contributed by atoms with Gasteiger partial charge < -0.3 is 5.32 Å². The molecule has 0 bridgehead atoms. The number of nitrogens with zero attached hydrogens (tertiary/aromatic N) is 1. The highest BCUT2D eigenvalue weighted by molar-refractivity contribution is 7.92. The largest absolute Gasteiger partial charge is 0.419 e. The molecule has 1 amide bonds. The van der Waals surface area contributed by atoms with Gasteiger partial charge in [-0.25, -0.2) is 21.6 Å². The highest BCUT2D eigenvalue weighted by Crippen LogP contribution is 2.41. The van der Waals surface area contributed by atoms with Gasteiger partial charge in [-0.1, -0.05) is 18.2 Å². The summed E-state index contributed by atoms with van der Waals surface area (Å²) in [7, 11) is -4.80. The SMILES string of the molecule is CC=CC(C)(c1cc(NC(=O)c2c(F)cccc2F)ccc1C#N)S(=O)(=O)c1ccc(F)c(C(F)(F)F)c1. The predicted molar refractivity (Wildman–Crippen MR) is 126 cm³/mol. The summed E-state index contributed by atoms with van der Waals surface area (Å²) in [5.41, 5.74) is -3.35. The first kappa shape index (κ1) is 28.5. The van der Waals surface area contributed by atoms with Crippen LogP contribution in [0.25, 0.3) is 0 Å². The second kappa shape index (κ2) is 10.3. The summed E-state index contributed by atoms with van der Waals surface area (Å²) in [4.78, 5) is 11.7. The van der Waals surface area contributed by atoms with E-state index in [0.717, 1.165) is 43.3 Å². The number of sulfone groups is 1. The van der Waals surface area contributed by atoms with Crippen LogP contribution in [0.3, 0.4) is 0 Å². The van der Waals surface area contributed by atoms with Gasteiger partial charge in [-0.15, -0.1) is 0 Å². The molecule has 3 aromatic carbocycles. The molecule has 1 N–H and O–H groups in total. The maximum atomic E-state index is 14.0. The summed E-state index contributed by atoms with van der Waals surface area (Å²) in [5.74, 6) is -5.20. The molecule has 3 rings (SSSR count). The Morgan fingerprint density at radius 2 is 1.58 bits per heavy atom. The van der Waals surface area contributed by atoms with E-state index in [2.05, 4.69) is 5.32 Å². The Labute approximate surface area is 213 Å². The Bertz CT molecular complexity index is 1570. The number of hydrogen-bond acceptors (Lipinski definition) is 4. The van der Waals surface area contributed by atoms with Crippen LogP contribution in [-0.2, 0) is 20.8 Å². The third-order valence-electron chi connectivity index (χ3n) is 5.72. The molecule has 0 aromatic heterocycles. The first-order chi connectivity index (χ1) is 17.7. The zero-order valence-electron chi connectivity index (χ0n) is 19.7. The van der Waals surface area contributed by atoms with Crippen LogP contribution in [0, 0.1) is 28.8 Å². The van der Waals surface area contributed by atoms with Crippen molar-refractivity contribution in [2.45, 2.75) is 29.7 Å². The molecule has 3 aromatic rings. The Kier molecular flexibility index (Phi) is 7.74. The number of alkyl halides is 3. The quantitative estimate of drug-likeness (QED) is 0.215. The summed E-state index contributed by atoms with van der Waals surface area (Å²) in [6.07, 6.45) is -2.79. The van der Waals surface area contributed by atoms with Gasteiger partial charge in [0.05, 0.1) is 22.1 Å². The molecular weight excluding hydrogens is 534 g/mol. The molecule has 0 aliphatic rings. The summed E-state index contributed by atoms with van der Waals surface area (Å²) in [5, 5.41) is 11.9. The predicted octanol–water partition coefficient (Wildman–Crippen LogP) is 6.51. The van der Waals surface area contributed by atoms with Gasteiger partial charge in [0, 0.05) is 5.69 Å². The molecule has 0 radical (unpaired) electrons. The first-order valence-electron chi connectivity index (χ1n) is 10.7. The first-order valence-corrected chi connectivity index (χ1v) is 12.2. The number of carbonyl (C=O) groups is 1. The lowest BCUT2D eigenvalue weighted by molar-refractivity contribution is -0.140. The number of nitriles is 1. The highest BCUT2D eigenvalue weighted by Gasteiger charge is 2.43. The van der Waals surface area contributed by atoms with Crippen LogP contribution >= 0.6 is 0 Å². The maximum absolute atomic E-state index is 14.0. The zero-order chi connectivity index (χ0) is 28.5. The standard InChI is InChI=1S/C26H18F6N2O3S/c1-3-11-25(2,38(36,37)17-9-10-20(27)19(13-17)26(30,31)32)18-12-16(8-7-15(18)14-33)34-24(35)23-21(28)5-4-6-22(23)29/h3-13H,1-2H3,(H,34,35). The molecule has 0 aliphatic heterocycles. The minimum absolute atomic E-state index is 0.158. The van der Waals surface area contributed by atoms with Gasteiger partial charge >= 0.3 is 6.18 Å². The van der Waals surface area contributed by atoms with Gasteiger partial charge in [-0.3, -0.25) is 4.79 Å². The van der Waals surface area contributed by atoms with Gasteiger partial charge in [0.15, 0.2) is 9.84 Å². The number of carbonyl (C=O) groups excluding carboxylic acids is 1. The summed E-state index contributed by atoms with van der Waals surface area (Å²) in [6.45, 7) is 2.54. The molecule has 1 unspecified atom stereocenters. The van der Waals surface area contributed by atoms with Crippen LogP contribution in [0.5, 0.6) is 0 Å². The molecule has 198 valence electrons. The van der Waals surface area contributed by atoms with Crippen molar-refractivity contribution in [3.63, 3.8) is 0 Å². The zero-order valence-corrected chi connectivity index (χ0v) is 20.5. The molecule has 0 aliphatic carbocycles. The van der Waals surface area contributed by atoms with E-state index in [1.54, 1.807) is 6.07 Å². The Morgan fingerprint density at radius 3 is 2.13 bits per heavy atom. The van der Waals surface area contributed by atoms with E-state index in [9.17, 15) is 44.8 Å². The van der Waals surface area contributed by atoms with Crippen molar-refractivity contribution in [3.8, 4) is 6.07 Å². The lowest BCUT2D eigenvalue weighted by Crippen LogP contribution is -2.32. The molecule has 1 atom stereocenters. The van der Waals surface area contributed by atoms with E-state index in [1.807, 2.05) is 0 Å². The van der Waals surface area contributed by atoms with Crippen LogP contribution in [-0.4, -0.2) is 14.3 Å². The minimum Gasteiger partial charge on any atom is -0.322 e. The number of anilines is 1. The second-order valence-electron chi connectivity index (χ2n) is 8.17. The summed E-state index contributed by atoms with van der Waals surface area (Å²) in [6, 6.07) is 9.12. The number of benzene rings is 3. The topological polar surface area (TPSA) is 87.0 Å². The summed E-state index contributed by atoms with van der Waals surface area (Å²) >= 11 is 0. The van der Waals surface area contributed by atoms with Crippen LogP contribution in [0.4, 0.5) is 32.0 Å². The molecule has 38 heavy (non-hydrogen) atoms. The lowest BCUT2D eigenvalue weighted by atomic mass is 9.94. The van der Waals surface area contributed by atoms with E-state index in [1.165, 1.54) is 19.1 Å². The van der Waals surface area contributed by atoms with Gasteiger partial charge in [0.1, 0.15) is 27.8 Å². The third kappa shape index (κ3) is 5.15. The van der Waals surface area contributed by atoms with Crippen molar-refractivity contribution in [2.24, 2.45) is 0 Å². The van der Waals surface area contributed by atoms with Gasteiger partial charge in [0.25, 0.3) is 5.91 Å². The Hall–Kier alpha value is -4.11. The smallest absolute Gasteiger partial charge is 0.322 e. The van der Waals surface area contributed by atoms with E-state index >= 15 is 0 Å². The van der Waals surface area contributed by atoms with Crippen molar-refractivity contribution in [2.75, 3.05) is 5.32 Å². The van der Waals surface area contributed by atoms with E-state index in [0.29, 0.717) is 12.1 Å². The lowest BCUT2D eigenvalue weighted by Gasteiger charge is -2.28. The molecule has 12 heteroatoms. The van der Waals surface area contributed by atoms with Crippen molar-refractivity contribution in [3.05, 3.63) is 106 Å². The van der Waals surface area contributed by atoms with Gasteiger partial charge in [-0.2, -0.15) is 18.4 Å². The molecule has 5 nitrogen and oxygen atoms in total. The average molecular weight is 552 g/mol. The van der Waals surface area contributed by atoms with Crippen LogP contribution in [0.2, 0.25) is 0 Å². The number of allylic oxidation sites excluding steroid dienone is 1. The average Bonchev–Trinajstić information content (AvgIpc) is 2.83. The number of halogens is 6. The molecule has 0 fully saturated rings. The fourth-order valence-electron chi connectivity index (χ4n) is 3.81. The minimum atomic E-state index is -5.18. The van der Waals surface area contributed by atoms with Gasteiger partial charge in [-0.05, 0) is 67.9 Å². The van der Waals surface area contributed by atoms with Crippen molar-refractivity contribution >= 4 is 21.4 Å². The van der Waals surface area contributed by atoms with Crippen LogP contribution in [0.15, 0.2) is 71.6 Å². The number of hydrogen-bond donors (Lipinski definition) is 1. The molecule has 0 saturated heterocycles. The molecule has 0 heterocycles. The van der Waals surface area contributed by atoms with E-state index in [4.69, 9.17) is 0 Å². The highest BCUT2D eigenvalue weighted by atomic mass is 32.2. The normalized spacial score (nSPS) is 13.7. The third-order valence-corrected chi connectivity index (χ3v) is 8.07. The van der Waals surface area contributed by atoms with Crippen molar-refractivity contribution in [1.82, 2.24) is 0 Å². The fraction of sp³-hybridized carbons (Fsp3) is 0.154.